The molecular weight excluding hydrogens is 266 g/mol. The molecule has 0 bridgehead atoms. The van der Waals surface area contributed by atoms with E-state index in [1.165, 1.54) is 37.8 Å². The van der Waals surface area contributed by atoms with Crippen molar-refractivity contribution < 1.29 is 8.78 Å². The highest BCUT2D eigenvalue weighted by atomic mass is 32.2. The molecule has 0 amide bonds. The van der Waals surface area contributed by atoms with Gasteiger partial charge in [-0.05, 0) is 30.4 Å². The van der Waals surface area contributed by atoms with Crippen molar-refractivity contribution in [3.63, 3.8) is 0 Å². The minimum atomic E-state index is -0.573. The first-order chi connectivity index (χ1) is 9.15. The lowest BCUT2D eigenvalue weighted by Crippen LogP contribution is -2.30. The summed E-state index contributed by atoms with van der Waals surface area (Å²) in [5, 5.41) is 3.77. The molecule has 0 saturated heterocycles. The molecule has 1 aromatic rings. The van der Waals surface area contributed by atoms with Crippen molar-refractivity contribution >= 4 is 22.6 Å². The summed E-state index contributed by atoms with van der Waals surface area (Å²) in [5.74, 6) is -0.0938. The maximum atomic E-state index is 13.1. The standard InChI is InChI=1S/C14H16F2N2S/c15-10-5-11(16)7-12(6-10)18-13-17-8-14(9-19-13)3-1-2-4-14/h5-7H,1-4,8-9H2,(H,17,18). The highest BCUT2D eigenvalue weighted by molar-refractivity contribution is 8.14. The van der Waals surface area contributed by atoms with Gasteiger partial charge in [-0.25, -0.2) is 8.78 Å². The van der Waals surface area contributed by atoms with Crippen molar-refractivity contribution in [2.45, 2.75) is 25.7 Å². The van der Waals surface area contributed by atoms with E-state index in [-0.39, 0.29) is 0 Å². The molecule has 1 heterocycles. The van der Waals surface area contributed by atoms with Crippen LogP contribution in [0.2, 0.25) is 0 Å². The number of thioether (sulfide) groups is 1. The third-order valence-electron chi connectivity index (χ3n) is 3.85. The Labute approximate surface area is 115 Å². The number of amidine groups is 1. The third kappa shape index (κ3) is 2.91. The van der Waals surface area contributed by atoms with E-state index < -0.39 is 11.6 Å². The van der Waals surface area contributed by atoms with Gasteiger partial charge in [0.1, 0.15) is 11.6 Å². The quantitative estimate of drug-likeness (QED) is 0.840. The number of anilines is 1. The van der Waals surface area contributed by atoms with Crippen molar-refractivity contribution in [1.82, 2.24) is 0 Å². The maximum Gasteiger partial charge on any atom is 0.161 e. The Bertz CT molecular complexity index is 490. The third-order valence-corrected chi connectivity index (χ3v) is 5.11. The Morgan fingerprint density at radius 1 is 1.11 bits per heavy atom. The zero-order chi connectivity index (χ0) is 13.3. The molecule has 1 aromatic carbocycles. The normalized spacial score (nSPS) is 21.5. The van der Waals surface area contributed by atoms with E-state index >= 15 is 0 Å². The average Bonchev–Trinajstić information content (AvgIpc) is 2.80. The zero-order valence-corrected chi connectivity index (χ0v) is 11.4. The van der Waals surface area contributed by atoms with Crippen LogP contribution in [-0.2, 0) is 0 Å². The second-order valence-electron chi connectivity index (χ2n) is 5.40. The van der Waals surface area contributed by atoms with E-state index in [0.717, 1.165) is 23.5 Å². The van der Waals surface area contributed by atoms with Crippen LogP contribution in [0.5, 0.6) is 0 Å². The van der Waals surface area contributed by atoms with Gasteiger partial charge in [-0.3, -0.25) is 4.99 Å². The molecule has 1 aliphatic heterocycles. The number of hydrogen-bond acceptors (Lipinski definition) is 3. The van der Waals surface area contributed by atoms with Crippen LogP contribution >= 0.6 is 11.8 Å². The van der Waals surface area contributed by atoms with Gasteiger partial charge < -0.3 is 5.32 Å². The molecule has 1 fully saturated rings. The molecule has 0 unspecified atom stereocenters. The fraction of sp³-hybridized carbons (Fsp3) is 0.500. The number of aliphatic imine (C=N–C) groups is 1. The van der Waals surface area contributed by atoms with Crippen LogP contribution in [-0.4, -0.2) is 17.5 Å². The van der Waals surface area contributed by atoms with Crippen molar-refractivity contribution in [3.8, 4) is 0 Å². The Morgan fingerprint density at radius 3 is 2.37 bits per heavy atom. The van der Waals surface area contributed by atoms with Crippen LogP contribution in [0.3, 0.4) is 0 Å². The number of nitrogens with one attached hydrogen (secondary N) is 1. The summed E-state index contributed by atoms with van der Waals surface area (Å²) in [6, 6.07) is 3.44. The second kappa shape index (κ2) is 5.12. The van der Waals surface area contributed by atoms with Gasteiger partial charge in [0.25, 0.3) is 0 Å². The van der Waals surface area contributed by atoms with Gasteiger partial charge in [0, 0.05) is 24.1 Å². The van der Waals surface area contributed by atoms with Crippen molar-refractivity contribution in [2.75, 3.05) is 17.6 Å². The Kier molecular flexibility index (Phi) is 3.48. The van der Waals surface area contributed by atoms with Gasteiger partial charge in [-0.15, -0.1) is 0 Å². The summed E-state index contributed by atoms with van der Waals surface area (Å²) in [6.45, 7) is 0.833. The Hall–Kier alpha value is -1.10. The average molecular weight is 282 g/mol. The molecule has 1 spiro atoms. The Balaban J connectivity index is 1.69. The molecule has 19 heavy (non-hydrogen) atoms. The number of nitrogens with zero attached hydrogens (tertiary/aromatic N) is 1. The highest BCUT2D eigenvalue weighted by Crippen LogP contribution is 2.43. The predicted octanol–water partition coefficient (Wildman–Crippen LogP) is 4.04. The minimum absolute atomic E-state index is 0.378. The first-order valence-corrected chi connectivity index (χ1v) is 7.54. The van der Waals surface area contributed by atoms with Crippen molar-refractivity contribution in [3.05, 3.63) is 29.8 Å². The first kappa shape index (κ1) is 12.9. The van der Waals surface area contributed by atoms with E-state index in [1.54, 1.807) is 11.8 Å². The molecule has 5 heteroatoms. The lowest BCUT2D eigenvalue weighted by atomic mass is 9.89. The lowest BCUT2D eigenvalue weighted by molar-refractivity contribution is 0.359. The van der Waals surface area contributed by atoms with Gasteiger partial charge in [0.2, 0.25) is 0 Å². The van der Waals surface area contributed by atoms with E-state index in [4.69, 9.17) is 0 Å². The predicted molar refractivity (Wildman–Crippen MR) is 75.6 cm³/mol. The molecule has 1 saturated carbocycles. The van der Waals surface area contributed by atoms with Crippen molar-refractivity contribution in [2.24, 2.45) is 10.4 Å². The molecule has 0 aromatic heterocycles. The van der Waals surface area contributed by atoms with E-state index in [9.17, 15) is 8.78 Å². The van der Waals surface area contributed by atoms with Gasteiger partial charge in [0.05, 0.1) is 0 Å². The minimum Gasteiger partial charge on any atom is -0.335 e. The monoisotopic (exact) mass is 282 g/mol. The first-order valence-electron chi connectivity index (χ1n) is 6.56. The molecular formula is C14H16F2N2S. The summed E-state index contributed by atoms with van der Waals surface area (Å²) in [7, 11) is 0. The largest absolute Gasteiger partial charge is 0.335 e. The van der Waals surface area contributed by atoms with Crippen LogP contribution < -0.4 is 5.32 Å². The molecule has 102 valence electrons. The fourth-order valence-corrected chi connectivity index (χ4v) is 3.97. The van der Waals surface area contributed by atoms with Crippen LogP contribution in [0.15, 0.2) is 23.2 Å². The zero-order valence-electron chi connectivity index (χ0n) is 10.6. The summed E-state index contributed by atoms with van der Waals surface area (Å²) in [6.07, 6.45) is 5.11. The topological polar surface area (TPSA) is 24.4 Å². The van der Waals surface area contributed by atoms with Crippen LogP contribution in [0.1, 0.15) is 25.7 Å². The smallest absolute Gasteiger partial charge is 0.161 e. The molecule has 1 aliphatic carbocycles. The second-order valence-corrected chi connectivity index (χ2v) is 6.36. The molecule has 3 rings (SSSR count). The summed E-state index contributed by atoms with van der Waals surface area (Å²) >= 11 is 1.66. The van der Waals surface area contributed by atoms with Gasteiger partial charge in [-0.1, -0.05) is 24.6 Å². The van der Waals surface area contributed by atoms with Crippen LogP contribution in [0.25, 0.3) is 0 Å². The molecule has 0 radical (unpaired) electrons. The van der Waals surface area contributed by atoms with E-state index in [1.807, 2.05) is 0 Å². The number of hydrogen-bond donors (Lipinski definition) is 1. The highest BCUT2D eigenvalue weighted by Gasteiger charge is 2.36. The molecule has 1 N–H and O–H groups in total. The van der Waals surface area contributed by atoms with Gasteiger partial charge in [-0.2, -0.15) is 0 Å². The lowest BCUT2D eigenvalue weighted by Gasteiger charge is -2.31. The Morgan fingerprint density at radius 2 is 1.79 bits per heavy atom. The SMILES string of the molecule is Fc1cc(F)cc(NC2=NCC3(CCCC3)CS2)c1. The number of rotatable bonds is 1. The summed E-state index contributed by atoms with van der Waals surface area (Å²) in [5.41, 5.74) is 0.800. The van der Waals surface area contributed by atoms with Gasteiger partial charge >= 0.3 is 0 Å². The van der Waals surface area contributed by atoms with Crippen molar-refractivity contribution in [1.29, 1.82) is 0 Å². The summed E-state index contributed by atoms with van der Waals surface area (Å²) < 4.78 is 26.2. The molecule has 0 atom stereocenters. The van der Waals surface area contributed by atoms with E-state index in [2.05, 4.69) is 10.3 Å². The molecule has 2 nitrogen and oxygen atoms in total. The summed E-state index contributed by atoms with van der Waals surface area (Å²) in [4.78, 5) is 4.54. The molecule has 2 aliphatic rings. The van der Waals surface area contributed by atoms with Gasteiger partial charge in [0.15, 0.2) is 5.17 Å². The van der Waals surface area contributed by atoms with Crippen LogP contribution in [0, 0.1) is 17.0 Å². The van der Waals surface area contributed by atoms with Crippen LogP contribution in [0.4, 0.5) is 14.5 Å². The number of benzene rings is 1. The van der Waals surface area contributed by atoms with E-state index in [0.29, 0.717) is 11.1 Å². The number of halogens is 2. The fourth-order valence-electron chi connectivity index (χ4n) is 2.80. The maximum absolute atomic E-state index is 13.1.